The van der Waals surface area contributed by atoms with E-state index in [1.165, 1.54) is 13.2 Å². The van der Waals surface area contributed by atoms with Crippen molar-refractivity contribution in [3.63, 3.8) is 0 Å². The quantitative estimate of drug-likeness (QED) is 0.675. The van der Waals surface area contributed by atoms with E-state index in [-0.39, 0.29) is 12.4 Å². The molecule has 21 heavy (non-hydrogen) atoms. The lowest BCUT2D eigenvalue weighted by Crippen LogP contribution is -2.03. The Labute approximate surface area is 138 Å². The molecule has 0 aliphatic rings. The summed E-state index contributed by atoms with van der Waals surface area (Å²) in [5, 5.41) is 0. The molecule has 0 aromatic heterocycles. The highest BCUT2D eigenvalue weighted by Gasteiger charge is 2.10. The lowest BCUT2D eigenvalue weighted by molar-refractivity contribution is 0.0600. The Kier molecular flexibility index (Phi) is 5.36. The van der Waals surface area contributed by atoms with E-state index < -0.39 is 11.8 Å². The van der Waals surface area contributed by atoms with Crippen LogP contribution in [0.1, 0.15) is 15.9 Å². The van der Waals surface area contributed by atoms with Gasteiger partial charge in [-0.3, -0.25) is 0 Å². The van der Waals surface area contributed by atoms with Crippen LogP contribution in [-0.2, 0) is 11.3 Å². The van der Waals surface area contributed by atoms with Crippen molar-refractivity contribution in [2.45, 2.75) is 6.61 Å². The van der Waals surface area contributed by atoms with Crippen LogP contribution in [0.5, 0.6) is 5.75 Å². The topological polar surface area (TPSA) is 35.5 Å². The van der Waals surface area contributed by atoms with Crippen molar-refractivity contribution >= 4 is 37.8 Å². The molecule has 0 amide bonds. The molecule has 0 radical (unpaired) electrons. The predicted molar refractivity (Wildman–Crippen MR) is 83.9 cm³/mol. The van der Waals surface area contributed by atoms with Crippen LogP contribution in [0, 0.1) is 5.82 Å². The molecule has 0 saturated carbocycles. The van der Waals surface area contributed by atoms with Gasteiger partial charge in [0.25, 0.3) is 0 Å². The van der Waals surface area contributed by atoms with Gasteiger partial charge in [0.05, 0.1) is 12.7 Å². The third-order valence-corrected chi connectivity index (χ3v) is 3.98. The molecular weight excluding hydrogens is 407 g/mol. The molecule has 110 valence electrons. The predicted octanol–water partition coefficient (Wildman–Crippen LogP) is 4.72. The molecule has 2 aromatic rings. The van der Waals surface area contributed by atoms with Gasteiger partial charge in [-0.25, -0.2) is 9.18 Å². The van der Waals surface area contributed by atoms with E-state index in [4.69, 9.17) is 4.74 Å². The van der Waals surface area contributed by atoms with Crippen molar-refractivity contribution in [2.24, 2.45) is 0 Å². The first-order valence-corrected chi connectivity index (χ1v) is 7.54. The SMILES string of the molecule is COC(=O)c1ccc(COc2ccc(Br)cc2F)c(Br)c1. The van der Waals surface area contributed by atoms with E-state index in [0.717, 1.165) is 5.56 Å². The fourth-order valence-electron chi connectivity index (χ4n) is 1.66. The molecule has 0 spiro atoms. The summed E-state index contributed by atoms with van der Waals surface area (Å²) >= 11 is 6.54. The number of halogens is 3. The third-order valence-electron chi connectivity index (χ3n) is 2.75. The molecule has 0 N–H and O–H groups in total. The number of esters is 1. The molecule has 0 atom stereocenters. The van der Waals surface area contributed by atoms with E-state index in [1.807, 2.05) is 0 Å². The second kappa shape index (κ2) is 7.04. The van der Waals surface area contributed by atoms with Crippen molar-refractivity contribution in [1.82, 2.24) is 0 Å². The summed E-state index contributed by atoms with van der Waals surface area (Å²) in [4.78, 5) is 11.4. The Bertz CT molecular complexity index is 674. The molecule has 0 bridgehead atoms. The number of hydrogen-bond donors (Lipinski definition) is 0. The highest BCUT2D eigenvalue weighted by Crippen LogP contribution is 2.25. The van der Waals surface area contributed by atoms with Crippen molar-refractivity contribution in [1.29, 1.82) is 0 Å². The maximum Gasteiger partial charge on any atom is 0.337 e. The molecule has 0 fully saturated rings. The molecule has 0 heterocycles. The van der Waals surface area contributed by atoms with Crippen molar-refractivity contribution in [3.8, 4) is 5.75 Å². The summed E-state index contributed by atoms with van der Waals surface area (Å²) in [6.45, 7) is 0.181. The molecule has 6 heteroatoms. The smallest absolute Gasteiger partial charge is 0.337 e. The average Bonchev–Trinajstić information content (AvgIpc) is 2.46. The summed E-state index contributed by atoms with van der Waals surface area (Å²) in [6.07, 6.45) is 0. The van der Waals surface area contributed by atoms with Gasteiger partial charge in [-0.1, -0.05) is 37.9 Å². The van der Waals surface area contributed by atoms with Gasteiger partial charge in [0.1, 0.15) is 6.61 Å². The summed E-state index contributed by atoms with van der Waals surface area (Å²) in [7, 11) is 1.32. The largest absolute Gasteiger partial charge is 0.486 e. The van der Waals surface area contributed by atoms with Gasteiger partial charge in [0.15, 0.2) is 11.6 Å². The fourth-order valence-corrected chi connectivity index (χ4v) is 2.48. The molecule has 3 nitrogen and oxygen atoms in total. The minimum Gasteiger partial charge on any atom is -0.486 e. The Morgan fingerprint density at radius 3 is 2.57 bits per heavy atom. The van der Waals surface area contributed by atoms with Crippen molar-refractivity contribution in [3.05, 3.63) is 62.3 Å². The summed E-state index contributed by atoms with van der Waals surface area (Å²) in [5.74, 6) is -0.684. The summed E-state index contributed by atoms with van der Waals surface area (Å²) in [5.41, 5.74) is 1.23. The van der Waals surface area contributed by atoms with Crippen LogP contribution >= 0.6 is 31.9 Å². The van der Waals surface area contributed by atoms with Crippen LogP contribution in [0.25, 0.3) is 0 Å². The zero-order valence-electron chi connectivity index (χ0n) is 11.0. The third kappa shape index (κ3) is 4.04. The first-order chi connectivity index (χ1) is 10.0. The van der Waals surface area contributed by atoms with Crippen LogP contribution in [-0.4, -0.2) is 13.1 Å². The van der Waals surface area contributed by atoms with Crippen molar-refractivity contribution < 1.29 is 18.7 Å². The maximum atomic E-state index is 13.6. The normalized spacial score (nSPS) is 10.3. The van der Waals surface area contributed by atoms with Gasteiger partial charge in [0.2, 0.25) is 0 Å². The minimum atomic E-state index is -0.438. The van der Waals surface area contributed by atoms with Crippen LogP contribution < -0.4 is 4.74 Å². The molecular formula is C15H11Br2FO3. The number of benzene rings is 2. The highest BCUT2D eigenvalue weighted by atomic mass is 79.9. The first-order valence-electron chi connectivity index (χ1n) is 5.96. The molecule has 0 aliphatic heterocycles. The minimum absolute atomic E-state index is 0.169. The zero-order chi connectivity index (χ0) is 15.4. The number of hydrogen-bond acceptors (Lipinski definition) is 3. The van der Waals surface area contributed by atoms with Gasteiger partial charge in [-0.15, -0.1) is 0 Å². The molecule has 2 rings (SSSR count). The van der Waals surface area contributed by atoms with E-state index in [9.17, 15) is 9.18 Å². The van der Waals surface area contributed by atoms with Gasteiger partial charge in [-0.05, 0) is 30.3 Å². The number of carbonyl (C=O) groups is 1. The lowest BCUT2D eigenvalue weighted by atomic mass is 10.1. The van der Waals surface area contributed by atoms with Crippen molar-refractivity contribution in [2.75, 3.05) is 7.11 Å². The Morgan fingerprint density at radius 2 is 1.95 bits per heavy atom. The molecule has 2 aromatic carbocycles. The van der Waals surface area contributed by atoms with E-state index >= 15 is 0 Å². The first kappa shape index (κ1) is 16.0. The zero-order valence-corrected chi connectivity index (χ0v) is 14.2. The Balaban J connectivity index is 2.11. The van der Waals surface area contributed by atoms with Crippen LogP contribution in [0.3, 0.4) is 0 Å². The summed E-state index contributed by atoms with van der Waals surface area (Å²) in [6, 6.07) is 9.59. The molecule has 0 aliphatic carbocycles. The van der Waals surface area contributed by atoms with Gasteiger partial charge in [0, 0.05) is 14.5 Å². The van der Waals surface area contributed by atoms with Gasteiger partial charge >= 0.3 is 5.97 Å². The number of rotatable bonds is 4. The van der Waals surface area contributed by atoms with E-state index in [2.05, 4.69) is 36.6 Å². The van der Waals surface area contributed by atoms with Gasteiger partial charge < -0.3 is 9.47 Å². The lowest BCUT2D eigenvalue weighted by Gasteiger charge is -2.10. The Morgan fingerprint density at radius 1 is 1.19 bits per heavy atom. The Hall–Kier alpha value is -1.40. The highest BCUT2D eigenvalue weighted by molar-refractivity contribution is 9.10. The van der Waals surface area contributed by atoms with Crippen LogP contribution in [0.4, 0.5) is 4.39 Å². The standard InChI is InChI=1S/C15H11Br2FO3/c1-20-15(19)9-2-3-10(12(17)6-9)8-21-14-5-4-11(16)7-13(14)18/h2-7H,8H2,1H3. The fraction of sp³-hybridized carbons (Fsp3) is 0.133. The number of carbonyl (C=O) groups excluding carboxylic acids is 1. The molecule has 0 saturated heterocycles. The summed E-state index contributed by atoms with van der Waals surface area (Å²) < 4.78 is 25.1. The average molecular weight is 418 g/mol. The molecule has 0 unspecified atom stereocenters. The monoisotopic (exact) mass is 416 g/mol. The second-order valence-corrected chi connectivity index (χ2v) is 5.93. The van der Waals surface area contributed by atoms with Gasteiger partial charge in [-0.2, -0.15) is 0 Å². The second-order valence-electron chi connectivity index (χ2n) is 4.16. The van der Waals surface area contributed by atoms with E-state index in [1.54, 1.807) is 30.3 Å². The number of ether oxygens (including phenoxy) is 2. The van der Waals surface area contributed by atoms with Crippen LogP contribution in [0.2, 0.25) is 0 Å². The maximum absolute atomic E-state index is 13.6. The number of methoxy groups -OCH3 is 1. The van der Waals surface area contributed by atoms with E-state index in [0.29, 0.717) is 14.5 Å². The van der Waals surface area contributed by atoms with Crippen LogP contribution in [0.15, 0.2) is 45.3 Å².